The maximum atomic E-state index is 12.9. The molecule has 0 radical (unpaired) electrons. The number of aromatic nitrogens is 2. The normalized spacial score (nSPS) is 22.8. The number of aryl methyl sites for hydroxylation is 1. The molecule has 4 rings (SSSR count). The summed E-state index contributed by atoms with van der Waals surface area (Å²) in [6, 6.07) is 7.61. The Bertz CT molecular complexity index is 848. The van der Waals surface area contributed by atoms with Crippen molar-refractivity contribution >= 4 is 29.1 Å². The molecule has 2 fully saturated rings. The predicted octanol–water partition coefficient (Wildman–Crippen LogP) is 3.88. The van der Waals surface area contributed by atoms with Crippen molar-refractivity contribution in [3.8, 4) is 0 Å². The monoisotopic (exact) mass is 371 g/mol. The number of anilines is 1. The van der Waals surface area contributed by atoms with Crippen LogP contribution < -0.4 is 4.90 Å². The lowest BCUT2D eigenvalue weighted by Gasteiger charge is -2.19. The number of imide groups is 1. The fraction of sp³-hybridized carbons (Fsp3) is 0.450. The van der Waals surface area contributed by atoms with Crippen LogP contribution in [0.2, 0.25) is 5.02 Å². The van der Waals surface area contributed by atoms with E-state index in [-0.39, 0.29) is 23.7 Å². The molecule has 1 aliphatic carbocycles. The second-order valence-corrected chi connectivity index (χ2v) is 7.75. The van der Waals surface area contributed by atoms with Gasteiger partial charge in [-0.15, -0.1) is 0 Å². The van der Waals surface area contributed by atoms with Gasteiger partial charge < -0.3 is 0 Å². The maximum Gasteiger partial charge on any atom is 0.237 e. The zero-order valence-electron chi connectivity index (χ0n) is 15.0. The van der Waals surface area contributed by atoms with E-state index in [1.807, 2.05) is 42.8 Å². The van der Waals surface area contributed by atoms with Crippen LogP contribution in [-0.2, 0) is 16.1 Å². The van der Waals surface area contributed by atoms with Crippen molar-refractivity contribution in [3.63, 3.8) is 0 Å². The quantitative estimate of drug-likeness (QED) is 0.769. The molecule has 1 saturated carbocycles. The Hall–Kier alpha value is -2.14. The zero-order valence-corrected chi connectivity index (χ0v) is 15.8. The van der Waals surface area contributed by atoms with E-state index >= 15 is 0 Å². The first-order valence-corrected chi connectivity index (χ1v) is 9.51. The molecule has 5 nitrogen and oxygen atoms in total. The van der Waals surface area contributed by atoms with Gasteiger partial charge in [0.2, 0.25) is 11.8 Å². The largest absolute Gasteiger partial charge is 0.274 e. The smallest absolute Gasteiger partial charge is 0.237 e. The second-order valence-electron chi connectivity index (χ2n) is 7.31. The van der Waals surface area contributed by atoms with E-state index in [4.69, 9.17) is 11.6 Å². The van der Waals surface area contributed by atoms with Gasteiger partial charge in [0.15, 0.2) is 0 Å². The summed E-state index contributed by atoms with van der Waals surface area (Å²) in [7, 11) is 0. The Labute approximate surface area is 157 Å². The van der Waals surface area contributed by atoms with Crippen LogP contribution in [0.3, 0.4) is 0 Å². The molecular weight excluding hydrogens is 350 g/mol. The molecule has 2 heterocycles. The topological polar surface area (TPSA) is 55.2 Å². The van der Waals surface area contributed by atoms with E-state index in [9.17, 15) is 9.59 Å². The molecule has 136 valence electrons. The van der Waals surface area contributed by atoms with E-state index in [0.717, 1.165) is 42.6 Å². The van der Waals surface area contributed by atoms with Gasteiger partial charge in [-0.2, -0.15) is 5.10 Å². The van der Waals surface area contributed by atoms with Gasteiger partial charge in [-0.1, -0.05) is 36.6 Å². The highest BCUT2D eigenvalue weighted by Gasteiger charge is 2.49. The van der Waals surface area contributed by atoms with Gasteiger partial charge >= 0.3 is 0 Å². The highest BCUT2D eigenvalue weighted by atomic mass is 35.5. The molecule has 1 aliphatic heterocycles. The van der Waals surface area contributed by atoms with Crippen molar-refractivity contribution in [3.05, 3.63) is 46.2 Å². The summed E-state index contributed by atoms with van der Waals surface area (Å²) in [6.07, 6.45) is 3.70. The number of hydrogen-bond acceptors (Lipinski definition) is 3. The summed E-state index contributed by atoms with van der Waals surface area (Å²) in [4.78, 5) is 27.2. The first-order chi connectivity index (χ1) is 12.5. The number of carbonyl (C=O) groups is 2. The third-order valence-corrected chi connectivity index (χ3v) is 5.91. The van der Waals surface area contributed by atoms with Crippen LogP contribution in [0.4, 0.5) is 5.69 Å². The first-order valence-electron chi connectivity index (χ1n) is 9.13. The summed E-state index contributed by atoms with van der Waals surface area (Å²) >= 11 is 5.95. The second kappa shape index (κ2) is 6.54. The van der Waals surface area contributed by atoms with Crippen molar-refractivity contribution in [2.75, 3.05) is 4.90 Å². The summed E-state index contributed by atoms with van der Waals surface area (Å²) in [5, 5.41) is 5.29. The number of fused-ring (bicyclic) bond motifs is 1. The Morgan fingerprint density at radius 2 is 1.62 bits per heavy atom. The van der Waals surface area contributed by atoms with Gasteiger partial charge in [-0.25, -0.2) is 4.90 Å². The minimum atomic E-state index is -0.144. The lowest BCUT2D eigenvalue weighted by molar-refractivity contribution is -0.122. The average Bonchev–Trinajstić information content (AvgIpc) is 3.04. The Kier molecular flexibility index (Phi) is 4.35. The lowest BCUT2D eigenvalue weighted by Crippen LogP contribution is -2.31. The third kappa shape index (κ3) is 2.75. The van der Waals surface area contributed by atoms with Crippen molar-refractivity contribution < 1.29 is 9.59 Å². The molecule has 2 unspecified atom stereocenters. The maximum absolute atomic E-state index is 12.9. The summed E-state index contributed by atoms with van der Waals surface area (Å²) in [5.41, 5.74) is 3.30. The number of halogens is 1. The molecule has 1 aromatic carbocycles. The van der Waals surface area contributed by atoms with Crippen molar-refractivity contribution in [1.82, 2.24) is 9.78 Å². The van der Waals surface area contributed by atoms with Crippen LogP contribution in [-0.4, -0.2) is 21.6 Å². The molecular formula is C20H22ClN3O2. The summed E-state index contributed by atoms with van der Waals surface area (Å²) in [6.45, 7) is 4.37. The van der Waals surface area contributed by atoms with Gasteiger partial charge in [0.1, 0.15) is 0 Å². The average molecular weight is 372 g/mol. The van der Waals surface area contributed by atoms with E-state index in [2.05, 4.69) is 5.10 Å². The minimum Gasteiger partial charge on any atom is -0.274 e. The Morgan fingerprint density at radius 3 is 2.19 bits per heavy atom. The molecule has 2 aliphatic rings. The van der Waals surface area contributed by atoms with Crippen molar-refractivity contribution in [2.45, 2.75) is 46.1 Å². The van der Waals surface area contributed by atoms with Crippen LogP contribution in [0.15, 0.2) is 24.3 Å². The van der Waals surface area contributed by atoms with Gasteiger partial charge in [0.05, 0.1) is 35.5 Å². The lowest BCUT2D eigenvalue weighted by atomic mass is 9.81. The molecule has 2 amide bonds. The fourth-order valence-electron chi connectivity index (χ4n) is 4.31. The van der Waals surface area contributed by atoms with Crippen LogP contribution in [0, 0.1) is 25.7 Å². The van der Waals surface area contributed by atoms with Crippen LogP contribution in [0.25, 0.3) is 0 Å². The highest BCUT2D eigenvalue weighted by Crippen LogP contribution is 2.41. The molecule has 2 atom stereocenters. The number of rotatable bonds is 3. The van der Waals surface area contributed by atoms with Gasteiger partial charge in [-0.3, -0.25) is 14.3 Å². The van der Waals surface area contributed by atoms with E-state index in [1.165, 1.54) is 4.90 Å². The van der Waals surface area contributed by atoms with Crippen LogP contribution >= 0.6 is 11.6 Å². The molecule has 0 spiro atoms. The SMILES string of the molecule is Cc1nn(Cc2ccc(Cl)cc2)c(C)c1N1C(=O)C2CCCCC2C1=O. The van der Waals surface area contributed by atoms with E-state index < -0.39 is 0 Å². The molecule has 6 heteroatoms. The third-order valence-electron chi connectivity index (χ3n) is 5.65. The molecule has 0 N–H and O–H groups in total. The minimum absolute atomic E-state index is 0.0445. The number of benzene rings is 1. The number of amides is 2. The number of carbonyl (C=O) groups excluding carboxylic acids is 2. The molecule has 26 heavy (non-hydrogen) atoms. The van der Waals surface area contributed by atoms with Crippen molar-refractivity contribution in [2.24, 2.45) is 11.8 Å². The number of hydrogen-bond donors (Lipinski definition) is 0. The van der Waals surface area contributed by atoms with Crippen LogP contribution in [0.5, 0.6) is 0 Å². The predicted molar refractivity (Wildman–Crippen MR) is 100 cm³/mol. The van der Waals surface area contributed by atoms with E-state index in [1.54, 1.807) is 0 Å². The van der Waals surface area contributed by atoms with Gasteiger partial charge in [0, 0.05) is 5.02 Å². The molecule has 0 bridgehead atoms. The Morgan fingerprint density at radius 1 is 1.04 bits per heavy atom. The fourth-order valence-corrected chi connectivity index (χ4v) is 4.44. The molecule has 2 aromatic rings. The van der Waals surface area contributed by atoms with Crippen molar-refractivity contribution in [1.29, 1.82) is 0 Å². The van der Waals surface area contributed by atoms with Gasteiger partial charge in [-0.05, 0) is 44.4 Å². The molecule has 1 aromatic heterocycles. The summed E-state index contributed by atoms with van der Waals surface area (Å²) in [5.74, 6) is -0.377. The first kappa shape index (κ1) is 17.3. The summed E-state index contributed by atoms with van der Waals surface area (Å²) < 4.78 is 1.86. The van der Waals surface area contributed by atoms with E-state index in [0.29, 0.717) is 17.3 Å². The Balaban J connectivity index is 1.67. The zero-order chi connectivity index (χ0) is 18.4. The van der Waals surface area contributed by atoms with Gasteiger partial charge in [0.25, 0.3) is 0 Å². The van der Waals surface area contributed by atoms with Crippen LogP contribution in [0.1, 0.15) is 42.6 Å². The standard InChI is InChI=1S/C20H22ClN3O2/c1-12-18(24-19(25)16-5-3-4-6-17(16)20(24)26)13(2)23(22-12)11-14-7-9-15(21)10-8-14/h7-10,16-17H,3-6,11H2,1-2H3. The highest BCUT2D eigenvalue weighted by molar-refractivity contribution is 6.30. The number of nitrogens with zero attached hydrogens (tertiary/aromatic N) is 3. The molecule has 1 saturated heterocycles.